The molecule has 0 aromatic carbocycles. The highest BCUT2D eigenvalue weighted by molar-refractivity contribution is 5.36. The molecule has 1 heterocycles. The summed E-state index contributed by atoms with van der Waals surface area (Å²) in [6.45, 7) is 4.83. The maximum Gasteiger partial charge on any atom is 0.323 e. The van der Waals surface area contributed by atoms with Gasteiger partial charge in [-0.1, -0.05) is 6.92 Å². The van der Waals surface area contributed by atoms with E-state index in [4.69, 9.17) is 4.74 Å². The highest BCUT2D eigenvalue weighted by Crippen LogP contribution is 2.33. The van der Waals surface area contributed by atoms with Crippen molar-refractivity contribution in [2.24, 2.45) is 5.92 Å². The first-order valence-electron chi connectivity index (χ1n) is 6.56. The fourth-order valence-corrected chi connectivity index (χ4v) is 1.71. The average molecular weight is 251 g/mol. The van der Waals surface area contributed by atoms with Crippen LogP contribution in [0.1, 0.15) is 33.1 Å². The number of anilines is 2. The minimum absolute atomic E-state index is 0.377. The van der Waals surface area contributed by atoms with Gasteiger partial charge in [0.15, 0.2) is 0 Å². The van der Waals surface area contributed by atoms with Gasteiger partial charge < -0.3 is 15.4 Å². The molecule has 0 amide bonds. The minimum Gasteiger partial charge on any atom is -0.463 e. The van der Waals surface area contributed by atoms with Crippen molar-refractivity contribution in [3.63, 3.8) is 0 Å². The zero-order valence-electron chi connectivity index (χ0n) is 11.2. The predicted molar refractivity (Wildman–Crippen MR) is 71.0 cm³/mol. The summed E-state index contributed by atoms with van der Waals surface area (Å²) >= 11 is 0. The Labute approximate surface area is 108 Å². The summed E-state index contributed by atoms with van der Waals surface area (Å²) in [5.74, 6) is 1.86. The second kappa shape index (κ2) is 5.84. The van der Waals surface area contributed by atoms with Crippen LogP contribution in [-0.4, -0.2) is 34.6 Å². The number of aromatic nitrogens is 3. The van der Waals surface area contributed by atoms with E-state index < -0.39 is 0 Å². The third-order valence-electron chi connectivity index (χ3n) is 2.96. The van der Waals surface area contributed by atoms with Crippen LogP contribution in [0.5, 0.6) is 6.01 Å². The lowest BCUT2D eigenvalue weighted by atomic mass is 10.2. The van der Waals surface area contributed by atoms with Gasteiger partial charge >= 0.3 is 6.01 Å². The van der Waals surface area contributed by atoms with Gasteiger partial charge in [0.1, 0.15) is 0 Å². The van der Waals surface area contributed by atoms with Gasteiger partial charge in [0.25, 0.3) is 0 Å². The summed E-state index contributed by atoms with van der Waals surface area (Å²) < 4.78 is 5.45. The Morgan fingerprint density at radius 2 is 2.00 bits per heavy atom. The van der Waals surface area contributed by atoms with Crippen LogP contribution < -0.4 is 15.4 Å². The van der Waals surface area contributed by atoms with Crippen molar-refractivity contribution in [1.82, 2.24) is 15.0 Å². The van der Waals surface area contributed by atoms with Gasteiger partial charge in [0, 0.05) is 13.1 Å². The van der Waals surface area contributed by atoms with E-state index in [1.54, 1.807) is 7.05 Å². The maximum atomic E-state index is 5.45. The summed E-state index contributed by atoms with van der Waals surface area (Å²) in [4.78, 5) is 12.7. The van der Waals surface area contributed by atoms with Crippen molar-refractivity contribution in [3.05, 3.63) is 0 Å². The van der Waals surface area contributed by atoms with Crippen molar-refractivity contribution >= 4 is 11.9 Å². The van der Waals surface area contributed by atoms with E-state index in [9.17, 15) is 0 Å². The summed E-state index contributed by atoms with van der Waals surface area (Å²) in [7, 11) is 1.78. The monoisotopic (exact) mass is 251 g/mol. The van der Waals surface area contributed by atoms with Gasteiger partial charge in [0.05, 0.1) is 6.61 Å². The summed E-state index contributed by atoms with van der Waals surface area (Å²) in [5, 5.41) is 6.23. The quantitative estimate of drug-likeness (QED) is 0.771. The largest absolute Gasteiger partial charge is 0.463 e. The van der Waals surface area contributed by atoms with Gasteiger partial charge in [-0.3, -0.25) is 0 Å². The smallest absolute Gasteiger partial charge is 0.323 e. The molecule has 0 spiro atoms. The lowest BCUT2D eigenvalue weighted by Gasteiger charge is -2.13. The number of rotatable bonds is 7. The van der Waals surface area contributed by atoms with Gasteiger partial charge in [-0.15, -0.1) is 0 Å². The van der Waals surface area contributed by atoms with Crippen LogP contribution in [0.2, 0.25) is 0 Å². The van der Waals surface area contributed by atoms with Crippen LogP contribution in [0.4, 0.5) is 11.9 Å². The third kappa shape index (κ3) is 3.45. The average Bonchev–Trinajstić information content (AvgIpc) is 3.20. The Balaban J connectivity index is 2.06. The van der Waals surface area contributed by atoms with Crippen LogP contribution in [-0.2, 0) is 0 Å². The maximum absolute atomic E-state index is 5.45. The zero-order valence-corrected chi connectivity index (χ0v) is 11.2. The molecule has 1 fully saturated rings. The van der Waals surface area contributed by atoms with Crippen molar-refractivity contribution in [2.75, 3.05) is 24.3 Å². The first-order valence-corrected chi connectivity index (χ1v) is 6.56. The van der Waals surface area contributed by atoms with Gasteiger partial charge in [-0.05, 0) is 32.1 Å². The predicted octanol–water partition coefficient (Wildman–Crippen LogP) is 1.91. The van der Waals surface area contributed by atoms with E-state index in [0.717, 1.165) is 12.3 Å². The molecule has 1 unspecified atom stereocenters. The van der Waals surface area contributed by atoms with E-state index in [-0.39, 0.29) is 0 Å². The van der Waals surface area contributed by atoms with E-state index in [0.29, 0.717) is 30.6 Å². The highest BCUT2D eigenvalue weighted by Gasteiger charge is 2.28. The fourth-order valence-electron chi connectivity index (χ4n) is 1.71. The SMILES string of the molecule is CCCOc1nc(NC)nc(NC(C)C2CC2)n1. The third-order valence-corrected chi connectivity index (χ3v) is 2.96. The second-order valence-electron chi connectivity index (χ2n) is 4.63. The first kappa shape index (κ1) is 12.9. The number of nitrogens with zero attached hydrogens (tertiary/aromatic N) is 3. The Kier molecular flexibility index (Phi) is 4.17. The second-order valence-corrected chi connectivity index (χ2v) is 4.63. The summed E-state index contributed by atoms with van der Waals surface area (Å²) in [6.07, 6.45) is 3.51. The molecular weight excluding hydrogens is 230 g/mol. The zero-order chi connectivity index (χ0) is 13.0. The molecule has 6 heteroatoms. The lowest BCUT2D eigenvalue weighted by Crippen LogP contribution is -2.20. The standard InChI is InChI=1S/C12H21N5O/c1-4-7-18-12-16-10(13-3)15-11(17-12)14-8(2)9-5-6-9/h8-9H,4-7H2,1-3H3,(H2,13,14,15,16,17). The number of ether oxygens (including phenoxy) is 1. The van der Waals surface area contributed by atoms with Crippen molar-refractivity contribution in [2.45, 2.75) is 39.2 Å². The molecule has 0 bridgehead atoms. The Hall–Kier alpha value is -1.59. The Morgan fingerprint density at radius 1 is 1.28 bits per heavy atom. The van der Waals surface area contributed by atoms with Crippen molar-refractivity contribution in [1.29, 1.82) is 0 Å². The van der Waals surface area contributed by atoms with Gasteiger partial charge in [-0.25, -0.2) is 0 Å². The van der Waals surface area contributed by atoms with E-state index in [1.165, 1.54) is 12.8 Å². The molecular formula is C12H21N5O. The van der Waals surface area contributed by atoms with E-state index in [1.807, 2.05) is 0 Å². The molecule has 1 aromatic heterocycles. The molecule has 0 saturated heterocycles. The minimum atomic E-state index is 0.377. The molecule has 2 rings (SSSR count). The van der Waals surface area contributed by atoms with Crippen LogP contribution in [0.25, 0.3) is 0 Å². The molecule has 1 atom stereocenters. The number of hydrogen-bond acceptors (Lipinski definition) is 6. The lowest BCUT2D eigenvalue weighted by molar-refractivity contribution is 0.292. The number of nitrogens with one attached hydrogen (secondary N) is 2. The Morgan fingerprint density at radius 3 is 2.61 bits per heavy atom. The number of hydrogen-bond donors (Lipinski definition) is 2. The molecule has 1 aliphatic rings. The molecule has 0 aliphatic heterocycles. The molecule has 6 nitrogen and oxygen atoms in total. The first-order chi connectivity index (χ1) is 8.72. The molecule has 1 aliphatic carbocycles. The molecule has 0 radical (unpaired) electrons. The van der Waals surface area contributed by atoms with Gasteiger partial charge in [0.2, 0.25) is 11.9 Å². The molecule has 100 valence electrons. The van der Waals surface area contributed by atoms with Crippen LogP contribution in [0, 0.1) is 5.92 Å². The summed E-state index contributed by atoms with van der Waals surface area (Å²) in [6, 6.07) is 0.776. The van der Waals surface area contributed by atoms with E-state index >= 15 is 0 Å². The van der Waals surface area contributed by atoms with Crippen molar-refractivity contribution < 1.29 is 4.74 Å². The molecule has 1 saturated carbocycles. The highest BCUT2D eigenvalue weighted by atomic mass is 16.5. The normalized spacial score (nSPS) is 16.2. The van der Waals surface area contributed by atoms with Crippen LogP contribution in [0.3, 0.4) is 0 Å². The molecule has 2 N–H and O–H groups in total. The molecule has 18 heavy (non-hydrogen) atoms. The fraction of sp³-hybridized carbons (Fsp3) is 0.750. The van der Waals surface area contributed by atoms with E-state index in [2.05, 4.69) is 39.4 Å². The van der Waals surface area contributed by atoms with Gasteiger partial charge in [-0.2, -0.15) is 15.0 Å². The van der Waals surface area contributed by atoms with Crippen molar-refractivity contribution in [3.8, 4) is 6.01 Å². The van der Waals surface area contributed by atoms with Crippen LogP contribution in [0.15, 0.2) is 0 Å². The summed E-state index contributed by atoms with van der Waals surface area (Å²) in [5.41, 5.74) is 0. The van der Waals surface area contributed by atoms with Crippen LogP contribution >= 0.6 is 0 Å². The topological polar surface area (TPSA) is 72.0 Å². The molecule has 1 aromatic rings. The Bertz CT molecular complexity index is 394.